The Labute approximate surface area is 378 Å². The Hall–Kier alpha value is -6.16. The topological polar surface area (TPSA) is 56.1 Å². The molecule has 9 rings (SSSR count). The van der Waals surface area contributed by atoms with Crippen LogP contribution in [0.4, 0.5) is 17.1 Å². The Morgan fingerprint density at radius 1 is 0.857 bits per heavy atom. The third-order valence-electron chi connectivity index (χ3n) is 11.2. The second kappa shape index (κ2) is 19.1. The number of thioether (sulfide) groups is 2. The van der Waals surface area contributed by atoms with Gasteiger partial charge in [-0.1, -0.05) is 97.6 Å². The molecule has 0 amide bonds. The summed E-state index contributed by atoms with van der Waals surface area (Å²) in [5.41, 5.74) is 8.19. The minimum absolute atomic E-state index is 0.0593. The van der Waals surface area contributed by atoms with Crippen LogP contribution in [0.2, 0.25) is 0 Å². The van der Waals surface area contributed by atoms with Gasteiger partial charge in [-0.25, -0.2) is 0 Å². The van der Waals surface area contributed by atoms with Crippen molar-refractivity contribution >= 4 is 80.2 Å². The molecule has 1 aromatic heterocycles. The van der Waals surface area contributed by atoms with Gasteiger partial charge in [0.15, 0.2) is 6.29 Å². The first kappa shape index (κ1) is 42.2. The van der Waals surface area contributed by atoms with Crippen molar-refractivity contribution in [3.05, 3.63) is 213 Å². The standard InChI is InChI=1S/C55H50N2O4S2/c1-6-14-38-16-8-10-19-46(38)37(4)56-36(3)30-48-51(15-7-2)61-45-33-52(48)63-54(35-45)53(62-5)34-44-32-41-31-43(26-27-50(41)60-44)57(49-21-12-18-39-17-9-11-20-47(39)49)42-24-22-40(23-25-42)55-58-28-13-29-59-55/h6-12,14-27,30-35,52,55-56H,1,13,28-29H2,2-5H3/b15-7-,36-30+,38-14-,46-37+,53-34-. The van der Waals surface area contributed by atoms with E-state index in [4.69, 9.17) is 18.6 Å². The number of hydrogen-bond donors (Lipinski definition) is 1. The fourth-order valence-corrected chi connectivity index (χ4v) is 10.3. The van der Waals surface area contributed by atoms with E-state index in [1.165, 1.54) is 10.8 Å². The molecule has 63 heavy (non-hydrogen) atoms. The average molecular weight is 867 g/mol. The van der Waals surface area contributed by atoms with Gasteiger partial charge in [-0.15, -0.1) is 23.5 Å². The molecule has 0 radical (unpaired) electrons. The second-order valence-corrected chi connectivity index (χ2v) is 17.6. The van der Waals surface area contributed by atoms with Gasteiger partial charge in [0.05, 0.1) is 24.2 Å². The molecule has 6 nitrogen and oxygen atoms in total. The number of allylic oxidation sites excluding steroid dienone is 6. The van der Waals surface area contributed by atoms with Crippen LogP contribution in [0, 0.1) is 0 Å². The molecule has 3 aliphatic heterocycles. The van der Waals surface area contributed by atoms with Gasteiger partial charge in [0, 0.05) is 59.7 Å². The summed E-state index contributed by atoms with van der Waals surface area (Å²) >= 11 is 3.53. The summed E-state index contributed by atoms with van der Waals surface area (Å²) in [5, 5.41) is 9.33. The number of anilines is 3. The Bertz CT molecular complexity index is 3010. The van der Waals surface area contributed by atoms with Crippen molar-refractivity contribution in [3.63, 3.8) is 0 Å². The molecule has 1 fully saturated rings. The molecule has 5 aromatic carbocycles. The normalized spacial score (nSPS) is 18.1. The zero-order valence-corrected chi connectivity index (χ0v) is 37.6. The zero-order chi connectivity index (χ0) is 43.3. The average Bonchev–Trinajstić information content (AvgIpc) is 3.72. The van der Waals surface area contributed by atoms with Crippen LogP contribution in [0.1, 0.15) is 44.8 Å². The number of nitrogens with one attached hydrogen (secondary N) is 1. The molecule has 0 spiro atoms. The third kappa shape index (κ3) is 9.17. The zero-order valence-electron chi connectivity index (χ0n) is 36.0. The largest absolute Gasteiger partial charge is 0.457 e. The summed E-state index contributed by atoms with van der Waals surface area (Å²) in [6.07, 6.45) is 19.3. The SMILES string of the molecule is C=C/C=c1/cccc/c1=C(/C)N/C(C)=C/C1=C(/C=C\C)OC2=CC1SC(/C(=C/c1cc3cc(N(c4ccc(C5OCCCO5)cc4)c4cccc5ccccc45)ccc3o1)SC)=C2. The molecule has 1 saturated heterocycles. The van der Waals surface area contributed by atoms with Crippen molar-refractivity contribution in [2.75, 3.05) is 24.4 Å². The molecule has 316 valence electrons. The maximum atomic E-state index is 6.54. The molecule has 4 heterocycles. The van der Waals surface area contributed by atoms with Gasteiger partial charge in [0.25, 0.3) is 0 Å². The molecule has 2 bridgehead atoms. The molecule has 1 atom stereocenters. The molecule has 1 unspecified atom stereocenters. The van der Waals surface area contributed by atoms with Crippen LogP contribution in [0.5, 0.6) is 0 Å². The lowest BCUT2D eigenvalue weighted by molar-refractivity contribution is -0.183. The van der Waals surface area contributed by atoms with Crippen molar-refractivity contribution < 1.29 is 18.6 Å². The molecule has 3 aliphatic rings. The van der Waals surface area contributed by atoms with Crippen molar-refractivity contribution in [3.8, 4) is 0 Å². The number of benzene rings is 5. The lowest BCUT2D eigenvalue weighted by Gasteiger charge is -2.29. The Kier molecular flexibility index (Phi) is 12.8. The Balaban J connectivity index is 1.01. The van der Waals surface area contributed by atoms with Gasteiger partial charge in [0.2, 0.25) is 0 Å². The van der Waals surface area contributed by atoms with Crippen LogP contribution < -0.4 is 20.7 Å². The fraction of sp³-hybridized carbons (Fsp3) is 0.164. The summed E-state index contributed by atoms with van der Waals surface area (Å²) in [7, 11) is 0. The summed E-state index contributed by atoms with van der Waals surface area (Å²) in [6, 6.07) is 40.4. The number of fused-ring (bicyclic) bond motifs is 3. The number of rotatable bonds is 12. The first-order valence-corrected chi connectivity index (χ1v) is 23.4. The van der Waals surface area contributed by atoms with Gasteiger partial charge >= 0.3 is 0 Å². The van der Waals surface area contributed by atoms with Crippen LogP contribution >= 0.6 is 23.5 Å². The predicted molar refractivity (Wildman–Crippen MR) is 266 cm³/mol. The van der Waals surface area contributed by atoms with Gasteiger partial charge < -0.3 is 28.8 Å². The van der Waals surface area contributed by atoms with E-state index in [9.17, 15) is 0 Å². The van der Waals surface area contributed by atoms with E-state index in [-0.39, 0.29) is 11.5 Å². The third-order valence-corrected chi connectivity index (χ3v) is 13.3. The van der Waals surface area contributed by atoms with Crippen molar-refractivity contribution in [2.45, 2.75) is 38.7 Å². The summed E-state index contributed by atoms with van der Waals surface area (Å²) in [5.74, 6) is 2.48. The number of ether oxygens (including phenoxy) is 3. The molecular weight excluding hydrogens is 817 g/mol. The maximum absolute atomic E-state index is 6.54. The van der Waals surface area contributed by atoms with Gasteiger partial charge in [0.1, 0.15) is 22.9 Å². The minimum Gasteiger partial charge on any atom is -0.457 e. The monoisotopic (exact) mass is 866 g/mol. The molecule has 0 aliphatic carbocycles. The van der Waals surface area contributed by atoms with Crippen LogP contribution in [0.15, 0.2) is 195 Å². The summed E-state index contributed by atoms with van der Waals surface area (Å²) in [6.45, 7) is 11.5. The summed E-state index contributed by atoms with van der Waals surface area (Å²) in [4.78, 5) is 4.56. The van der Waals surface area contributed by atoms with E-state index in [1.54, 1.807) is 11.8 Å². The Morgan fingerprint density at radius 2 is 1.63 bits per heavy atom. The lowest BCUT2D eigenvalue weighted by Crippen LogP contribution is -2.30. The first-order valence-electron chi connectivity index (χ1n) is 21.3. The lowest BCUT2D eigenvalue weighted by atomic mass is 10.0. The highest BCUT2D eigenvalue weighted by atomic mass is 32.2. The van der Waals surface area contributed by atoms with Crippen molar-refractivity contribution in [1.29, 1.82) is 0 Å². The first-order chi connectivity index (χ1) is 30.9. The van der Waals surface area contributed by atoms with E-state index < -0.39 is 0 Å². The van der Waals surface area contributed by atoms with E-state index >= 15 is 0 Å². The summed E-state index contributed by atoms with van der Waals surface area (Å²) < 4.78 is 24.9. The number of nitrogens with zero attached hydrogens (tertiary/aromatic N) is 1. The van der Waals surface area contributed by atoms with E-state index in [2.05, 4.69) is 176 Å². The fourth-order valence-electron chi connectivity index (χ4n) is 8.29. The highest BCUT2D eigenvalue weighted by Crippen LogP contribution is 2.47. The minimum atomic E-state index is -0.341. The molecule has 6 aromatic rings. The van der Waals surface area contributed by atoms with Crippen LogP contribution in [0.3, 0.4) is 0 Å². The van der Waals surface area contributed by atoms with Crippen molar-refractivity contribution in [2.24, 2.45) is 0 Å². The highest BCUT2D eigenvalue weighted by Gasteiger charge is 2.29. The highest BCUT2D eigenvalue weighted by molar-refractivity contribution is 8.08. The number of furan rings is 1. The predicted octanol–water partition coefficient (Wildman–Crippen LogP) is 13.2. The molecule has 8 heteroatoms. The quantitative estimate of drug-likeness (QED) is 0.131. The van der Waals surface area contributed by atoms with E-state index in [0.29, 0.717) is 13.2 Å². The second-order valence-electron chi connectivity index (χ2n) is 15.5. The molecule has 1 N–H and O–H groups in total. The van der Waals surface area contributed by atoms with Gasteiger partial charge in [-0.05, 0) is 117 Å². The smallest absolute Gasteiger partial charge is 0.183 e. The number of hydrogen-bond acceptors (Lipinski definition) is 8. The maximum Gasteiger partial charge on any atom is 0.183 e. The molecular formula is C55H50N2O4S2. The van der Waals surface area contributed by atoms with Crippen LogP contribution in [-0.2, 0) is 14.2 Å². The van der Waals surface area contributed by atoms with Gasteiger partial charge in [-0.3, -0.25) is 0 Å². The Morgan fingerprint density at radius 3 is 2.44 bits per heavy atom. The van der Waals surface area contributed by atoms with E-state index in [0.717, 1.165) is 94.5 Å². The van der Waals surface area contributed by atoms with Gasteiger partial charge in [-0.2, -0.15) is 0 Å². The van der Waals surface area contributed by atoms with E-state index in [1.807, 2.05) is 43.0 Å². The van der Waals surface area contributed by atoms with Crippen molar-refractivity contribution in [1.82, 2.24) is 5.32 Å². The molecule has 0 saturated carbocycles. The van der Waals surface area contributed by atoms with Crippen LogP contribution in [-0.4, -0.2) is 24.7 Å². The van der Waals surface area contributed by atoms with Crippen LogP contribution in [0.25, 0.3) is 39.6 Å².